The molecule has 166 valence electrons. The number of non-ortho nitro benzene ring substituents is 1. The average Bonchev–Trinajstić information content (AvgIpc) is 3.22. The summed E-state index contributed by atoms with van der Waals surface area (Å²) in [7, 11) is 0. The van der Waals surface area contributed by atoms with Gasteiger partial charge in [0.15, 0.2) is 5.69 Å². The van der Waals surface area contributed by atoms with Gasteiger partial charge in [0, 0.05) is 18.6 Å². The van der Waals surface area contributed by atoms with Crippen LogP contribution in [0.2, 0.25) is 0 Å². The van der Waals surface area contributed by atoms with E-state index in [2.05, 4.69) is 15.6 Å². The first-order valence-corrected chi connectivity index (χ1v) is 10.3. The maximum Gasteiger partial charge on any atom is 0.278 e. The highest BCUT2D eigenvalue weighted by molar-refractivity contribution is 6.04. The quantitative estimate of drug-likeness (QED) is 0.320. The Hall–Kier alpha value is -4.53. The number of carbonyl (C=O) groups is 1. The predicted molar refractivity (Wildman–Crippen MR) is 123 cm³/mol. The second-order valence-corrected chi connectivity index (χ2v) is 7.25. The lowest BCUT2D eigenvalue weighted by atomic mass is 10.2. The van der Waals surface area contributed by atoms with Crippen molar-refractivity contribution in [3.05, 3.63) is 106 Å². The summed E-state index contributed by atoms with van der Waals surface area (Å²) in [6.07, 6.45) is 0.736. The largest absolute Gasteiger partial charge is 0.491 e. The van der Waals surface area contributed by atoms with Crippen LogP contribution in [0.25, 0.3) is 5.69 Å². The molecule has 9 heteroatoms. The minimum atomic E-state index is -0.488. The summed E-state index contributed by atoms with van der Waals surface area (Å²) in [6, 6.07) is 23.1. The number of carbonyl (C=O) groups excluding carboxylic acids is 1. The molecule has 0 atom stereocenters. The van der Waals surface area contributed by atoms with Gasteiger partial charge in [-0.15, -0.1) is 5.10 Å². The molecular weight excluding hydrogens is 422 g/mol. The molecule has 1 aromatic heterocycles. The molecule has 0 bridgehead atoms. The summed E-state index contributed by atoms with van der Waals surface area (Å²) in [6.45, 7) is 2.13. The number of hydrogen-bond donors (Lipinski definition) is 1. The van der Waals surface area contributed by atoms with Crippen LogP contribution in [0, 0.1) is 17.0 Å². The lowest BCUT2D eigenvalue weighted by molar-refractivity contribution is -0.384. The van der Waals surface area contributed by atoms with E-state index in [-0.39, 0.29) is 11.4 Å². The first kappa shape index (κ1) is 21.7. The van der Waals surface area contributed by atoms with Crippen molar-refractivity contribution >= 4 is 17.3 Å². The third kappa shape index (κ3) is 5.04. The van der Waals surface area contributed by atoms with Crippen LogP contribution < -0.4 is 10.1 Å². The van der Waals surface area contributed by atoms with E-state index in [0.717, 1.165) is 12.0 Å². The van der Waals surface area contributed by atoms with Gasteiger partial charge in [-0.05, 0) is 30.7 Å². The average molecular weight is 443 g/mol. The smallest absolute Gasteiger partial charge is 0.278 e. The molecule has 0 aliphatic heterocycles. The Morgan fingerprint density at radius 3 is 2.61 bits per heavy atom. The van der Waals surface area contributed by atoms with E-state index in [9.17, 15) is 14.9 Å². The Labute approximate surface area is 189 Å². The van der Waals surface area contributed by atoms with Gasteiger partial charge in [0.2, 0.25) is 0 Å². The highest BCUT2D eigenvalue weighted by atomic mass is 16.6. The maximum absolute atomic E-state index is 12.9. The molecule has 3 aromatic carbocycles. The summed E-state index contributed by atoms with van der Waals surface area (Å²) >= 11 is 0. The zero-order valence-electron chi connectivity index (χ0n) is 17.8. The van der Waals surface area contributed by atoms with E-state index in [1.54, 1.807) is 37.3 Å². The number of ether oxygens (including phenoxy) is 1. The Balaban J connectivity index is 1.48. The summed E-state index contributed by atoms with van der Waals surface area (Å²) in [5.74, 6) is 0.0915. The van der Waals surface area contributed by atoms with E-state index < -0.39 is 10.8 Å². The molecule has 33 heavy (non-hydrogen) atoms. The molecule has 4 aromatic rings. The molecule has 0 aliphatic carbocycles. The van der Waals surface area contributed by atoms with Gasteiger partial charge in [0.05, 0.1) is 28.6 Å². The molecule has 9 nitrogen and oxygen atoms in total. The first-order valence-electron chi connectivity index (χ1n) is 10.3. The van der Waals surface area contributed by atoms with Crippen molar-refractivity contribution in [2.24, 2.45) is 0 Å². The zero-order chi connectivity index (χ0) is 23.2. The van der Waals surface area contributed by atoms with Crippen LogP contribution in [0.4, 0.5) is 11.4 Å². The third-order valence-corrected chi connectivity index (χ3v) is 5.02. The van der Waals surface area contributed by atoms with Crippen LogP contribution in [0.5, 0.6) is 5.75 Å². The molecule has 1 N–H and O–H groups in total. The number of amides is 1. The fourth-order valence-corrected chi connectivity index (χ4v) is 3.32. The Morgan fingerprint density at radius 2 is 1.82 bits per heavy atom. The molecule has 0 saturated heterocycles. The number of hydrogen-bond acceptors (Lipinski definition) is 6. The van der Waals surface area contributed by atoms with Crippen molar-refractivity contribution in [3.63, 3.8) is 0 Å². The molecule has 0 spiro atoms. The van der Waals surface area contributed by atoms with Gasteiger partial charge in [0.25, 0.3) is 11.6 Å². The van der Waals surface area contributed by atoms with Crippen molar-refractivity contribution < 1.29 is 14.5 Å². The van der Waals surface area contributed by atoms with E-state index in [4.69, 9.17) is 4.74 Å². The SMILES string of the molecule is Cc1c(C(=O)Nc2ccccc2OCCc2ccccc2)nnn1-c1cccc([N+](=O)[O-])c1. The molecule has 4 rings (SSSR count). The highest BCUT2D eigenvalue weighted by Crippen LogP contribution is 2.25. The topological polar surface area (TPSA) is 112 Å². The second-order valence-electron chi connectivity index (χ2n) is 7.25. The van der Waals surface area contributed by atoms with Crippen LogP contribution >= 0.6 is 0 Å². The lowest BCUT2D eigenvalue weighted by Gasteiger charge is -2.12. The van der Waals surface area contributed by atoms with Gasteiger partial charge in [-0.3, -0.25) is 14.9 Å². The van der Waals surface area contributed by atoms with Crippen molar-refractivity contribution in [1.82, 2.24) is 15.0 Å². The van der Waals surface area contributed by atoms with Gasteiger partial charge in [-0.25, -0.2) is 4.68 Å². The summed E-state index contributed by atoms with van der Waals surface area (Å²) in [5, 5.41) is 21.9. The molecule has 1 heterocycles. The van der Waals surface area contributed by atoms with Crippen LogP contribution in [-0.4, -0.2) is 32.4 Å². The third-order valence-electron chi connectivity index (χ3n) is 5.02. The van der Waals surface area contributed by atoms with E-state index in [1.807, 2.05) is 36.4 Å². The molecule has 0 unspecified atom stereocenters. The van der Waals surface area contributed by atoms with Crippen LogP contribution in [0.1, 0.15) is 21.7 Å². The number of rotatable bonds is 8. The molecular formula is C24H21N5O4. The predicted octanol–water partition coefficient (Wildman–Crippen LogP) is 4.36. The standard InChI is InChI=1S/C24H21N5O4/c1-17-23(26-27-28(17)19-10-7-11-20(16-19)29(31)32)24(30)25-21-12-5-6-13-22(21)33-15-14-18-8-3-2-4-9-18/h2-13,16H,14-15H2,1H3,(H,25,30). The highest BCUT2D eigenvalue weighted by Gasteiger charge is 2.19. The first-order chi connectivity index (χ1) is 16.0. The van der Waals surface area contributed by atoms with E-state index >= 15 is 0 Å². The van der Waals surface area contributed by atoms with E-state index in [0.29, 0.717) is 29.4 Å². The van der Waals surface area contributed by atoms with Crippen LogP contribution in [-0.2, 0) is 6.42 Å². The van der Waals surface area contributed by atoms with Gasteiger partial charge < -0.3 is 10.1 Å². The number of para-hydroxylation sites is 2. The Morgan fingerprint density at radius 1 is 1.06 bits per heavy atom. The number of nitrogens with zero attached hydrogens (tertiary/aromatic N) is 4. The minimum absolute atomic E-state index is 0.0741. The van der Waals surface area contributed by atoms with Crippen molar-refractivity contribution in [1.29, 1.82) is 0 Å². The van der Waals surface area contributed by atoms with Crippen LogP contribution in [0.15, 0.2) is 78.9 Å². The molecule has 1 amide bonds. The fourth-order valence-electron chi connectivity index (χ4n) is 3.32. The lowest BCUT2D eigenvalue weighted by Crippen LogP contribution is -2.15. The van der Waals surface area contributed by atoms with Gasteiger partial charge in [-0.2, -0.15) is 0 Å². The molecule has 0 fully saturated rings. The summed E-state index contributed by atoms with van der Waals surface area (Å²) in [5.41, 5.74) is 2.61. The van der Waals surface area contributed by atoms with Crippen LogP contribution in [0.3, 0.4) is 0 Å². The summed E-state index contributed by atoms with van der Waals surface area (Å²) in [4.78, 5) is 23.5. The molecule has 0 radical (unpaired) electrons. The Kier molecular flexibility index (Phi) is 6.40. The minimum Gasteiger partial charge on any atom is -0.491 e. The van der Waals surface area contributed by atoms with Crippen molar-refractivity contribution in [2.45, 2.75) is 13.3 Å². The monoisotopic (exact) mass is 443 g/mol. The van der Waals surface area contributed by atoms with Gasteiger partial charge in [-0.1, -0.05) is 53.7 Å². The number of nitro groups is 1. The van der Waals surface area contributed by atoms with Gasteiger partial charge in [0.1, 0.15) is 5.75 Å². The summed E-state index contributed by atoms with van der Waals surface area (Å²) < 4.78 is 7.29. The normalized spacial score (nSPS) is 10.6. The number of aromatic nitrogens is 3. The molecule has 0 aliphatic rings. The fraction of sp³-hybridized carbons (Fsp3) is 0.125. The Bertz CT molecular complexity index is 1290. The molecule has 0 saturated carbocycles. The maximum atomic E-state index is 12.9. The van der Waals surface area contributed by atoms with Crippen molar-refractivity contribution in [3.8, 4) is 11.4 Å². The van der Waals surface area contributed by atoms with Crippen molar-refractivity contribution in [2.75, 3.05) is 11.9 Å². The number of anilines is 1. The van der Waals surface area contributed by atoms with Gasteiger partial charge >= 0.3 is 0 Å². The second kappa shape index (κ2) is 9.73. The number of benzene rings is 3. The number of nitro benzene ring substituents is 1. The zero-order valence-corrected chi connectivity index (χ0v) is 17.8. The van der Waals surface area contributed by atoms with E-state index in [1.165, 1.54) is 16.8 Å². The number of nitrogens with one attached hydrogen (secondary N) is 1.